The third kappa shape index (κ3) is 5.73. The van der Waals surface area contributed by atoms with Gasteiger partial charge in [0.25, 0.3) is 0 Å². The molecule has 122 valence electrons. The van der Waals surface area contributed by atoms with Crippen molar-refractivity contribution < 1.29 is 9.53 Å². The zero-order valence-electron chi connectivity index (χ0n) is 13.5. The molecule has 0 bridgehead atoms. The summed E-state index contributed by atoms with van der Waals surface area (Å²) in [4.78, 5) is 15.9. The maximum absolute atomic E-state index is 12.1. The van der Waals surface area contributed by atoms with Gasteiger partial charge in [-0.2, -0.15) is 0 Å². The van der Waals surface area contributed by atoms with Gasteiger partial charge in [0.2, 0.25) is 0 Å². The summed E-state index contributed by atoms with van der Waals surface area (Å²) < 4.78 is 5.48. The summed E-state index contributed by atoms with van der Waals surface area (Å²) in [6, 6.07) is 5.16. The minimum atomic E-state index is -0.685. The topological polar surface area (TPSA) is 117 Å². The van der Waals surface area contributed by atoms with Crippen molar-refractivity contribution in [2.24, 2.45) is 22.2 Å². The standard InChI is InChI=1S/C16H26N4O2/c1-10(2)12-7-6-11(3)9-14(12)22-15(21)13(17)5-4-8-20-16(18)19/h6-7,9-10,13H,4-5,8,17H2,1-3H3,(H4,18,19,20)/t13-/m0/s1. The third-order valence-electron chi connectivity index (χ3n) is 3.27. The summed E-state index contributed by atoms with van der Waals surface area (Å²) in [5.74, 6) is 0.454. The molecule has 0 amide bonds. The predicted octanol–water partition coefficient (Wildman–Crippen LogP) is 1.40. The van der Waals surface area contributed by atoms with Gasteiger partial charge < -0.3 is 21.9 Å². The Labute approximate surface area is 131 Å². The quantitative estimate of drug-likeness (QED) is 0.231. The van der Waals surface area contributed by atoms with Gasteiger partial charge in [-0.3, -0.25) is 4.99 Å². The molecule has 0 heterocycles. The summed E-state index contributed by atoms with van der Waals surface area (Å²) >= 11 is 0. The van der Waals surface area contributed by atoms with E-state index in [0.717, 1.165) is 11.1 Å². The largest absolute Gasteiger partial charge is 0.425 e. The number of guanidine groups is 1. The fourth-order valence-electron chi connectivity index (χ4n) is 2.03. The first kappa shape index (κ1) is 18.0. The lowest BCUT2D eigenvalue weighted by atomic mass is 10.0. The number of rotatable bonds is 7. The molecule has 0 unspecified atom stereocenters. The fourth-order valence-corrected chi connectivity index (χ4v) is 2.03. The van der Waals surface area contributed by atoms with Crippen molar-refractivity contribution in [3.63, 3.8) is 0 Å². The molecule has 0 fully saturated rings. The molecular formula is C16H26N4O2. The molecule has 6 nitrogen and oxygen atoms in total. The maximum atomic E-state index is 12.1. The Morgan fingerprint density at radius 3 is 2.59 bits per heavy atom. The van der Waals surface area contributed by atoms with Crippen molar-refractivity contribution in [1.82, 2.24) is 0 Å². The summed E-state index contributed by atoms with van der Waals surface area (Å²) in [6.45, 7) is 6.51. The Kier molecular flexibility index (Phi) is 6.85. The molecule has 0 saturated heterocycles. The van der Waals surface area contributed by atoms with E-state index in [1.54, 1.807) is 0 Å². The number of carbonyl (C=O) groups excluding carboxylic acids is 1. The van der Waals surface area contributed by atoms with E-state index in [-0.39, 0.29) is 11.9 Å². The summed E-state index contributed by atoms with van der Waals surface area (Å²) in [5, 5.41) is 0. The fraction of sp³-hybridized carbons (Fsp3) is 0.500. The highest BCUT2D eigenvalue weighted by Crippen LogP contribution is 2.27. The van der Waals surface area contributed by atoms with Gasteiger partial charge in [0.1, 0.15) is 11.8 Å². The minimum absolute atomic E-state index is 0.0393. The number of carbonyl (C=O) groups is 1. The summed E-state index contributed by atoms with van der Waals surface area (Å²) in [5.41, 5.74) is 18.4. The zero-order chi connectivity index (χ0) is 16.7. The lowest BCUT2D eigenvalue weighted by Crippen LogP contribution is -2.34. The first-order chi connectivity index (χ1) is 10.3. The Morgan fingerprint density at radius 1 is 1.32 bits per heavy atom. The van der Waals surface area contributed by atoms with Crippen molar-refractivity contribution >= 4 is 11.9 Å². The molecule has 22 heavy (non-hydrogen) atoms. The Bertz CT molecular complexity index is 537. The minimum Gasteiger partial charge on any atom is -0.425 e. The normalized spacial score (nSPS) is 12.0. The van der Waals surface area contributed by atoms with E-state index >= 15 is 0 Å². The van der Waals surface area contributed by atoms with Gasteiger partial charge in [-0.05, 0) is 42.9 Å². The molecule has 1 aromatic rings. The summed E-state index contributed by atoms with van der Waals surface area (Å²) in [6.07, 6.45) is 1.09. The van der Waals surface area contributed by atoms with Crippen LogP contribution in [0, 0.1) is 6.92 Å². The van der Waals surface area contributed by atoms with E-state index in [1.165, 1.54) is 0 Å². The highest BCUT2D eigenvalue weighted by Gasteiger charge is 2.18. The third-order valence-corrected chi connectivity index (χ3v) is 3.27. The van der Waals surface area contributed by atoms with E-state index in [1.807, 2.05) is 25.1 Å². The number of nitrogens with zero attached hydrogens (tertiary/aromatic N) is 1. The molecule has 0 aliphatic carbocycles. The number of hydrogen-bond acceptors (Lipinski definition) is 4. The van der Waals surface area contributed by atoms with E-state index in [2.05, 4.69) is 18.8 Å². The summed E-state index contributed by atoms with van der Waals surface area (Å²) in [7, 11) is 0. The van der Waals surface area contributed by atoms with Crippen LogP contribution in [0.3, 0.4) is 0 Å². The molecule has 0 aliphatic rings. The van der Waals surface area contributed by atoms with E-state index in [0.29, 0.717) is 25.1 Å². The molecule has 6 heteroatoms. The van der Waals surface area contributed by atoms with Gasteiger partial charge in [-0.25, -0.2) is 4.79 Å². The molecule has 0 radical (unpaired) electrons. The van der Waals surface area contributed by atoms with Crippen LogP contribution in [0.2, 0.25) is 0 Å². The van der Waals surface area contributed by atoms with Crippen molar-refractivity contribution in [2.45, 2.75) is 45.6 Å². The molecule has 0 saturated carbocycles. The van der Waals surface area contributed by atoms with Gasteiger partial charge in [0.15, 0.2) is 5.96 Å². The second kappa shape index (κ2) is 8.38. The number of hydrogen-bond donors (Lipinski definition) is 3. The van der Waals surface area contributed by atoms with Crippen LogP contribution in [0.25, 0.3) is 0 Å². The second-order valence-electron chi connectivity index (χ2n) is 5.67. The van der Waals surface area contributed by atoms with Crippen LogP contribution < -0.4 is 21.9 Å². The van der Waals surface area contributed by atoms with Crippen LogP contribution in [-0.2, 0) is 4.79 Å². The Hall–Kier alpha value is -2.08. The van der Waals surface area contributed by atoms with Crippen LogP contribution in [0.15, 0.2) is 23.2 Å². The SMILES string of the molecule is Cc1ccc(C(C)C)c(OC(=O)[C@@H](N)CCCN=C(N)N)c1. The molecule has 1 rings (SSSR count). The average Bonchev–Trinajstić information content (AvgIpc) is 2.42. The van der Waals surface area contributed by atoms with Gasteiger partial charge in [-0.15, -0.1) is 0 Å². The number of benzene rings is 1. The average molecular weight is 306 g/mol. The van der Waals surface area contributed by atoms with Crippen molar-refractivity contribution in [3.8, 4) is 5.75 Å². The van der Waals surface area contributed by atoms with Crippen molar-refractivity contribution in [2.75, 3.05) is 6.54 Å². The van der Waals surface area contributed by atoms with Crippen molar-refractivity contribution in [3.05, 3.63) is 29.3 Å². The predicted molar refractivity (Wildman–Crippen MR) is 88.8 cm³/mol. The van der Waals surface area contributed by atoms with Gasteiger partial charge in [0, 0.05) is 6.54 Å². The maximum Gasteiger partial charge on any atom is 0.328 e. The van der Waals surface area contributed by atoms with Crippen LogP contribution >= 0.6 is 0 Å². The number of nitrogens with two attached hydrogens (primary N) is 3. The van der Waals surface area contributed by atoms with Gasteiger partial charge >= 0.3 is 5.97 Å². The number of aliphatic imine (C=N–C) groups is 1. The van der Waals surface area contributed by atoms with Crippen LogP contribution in [0.1, 0.15) is 43.7 Å². The first-order valence-corrected chi connectivity index (χ1v) is 7.44. The zero-order valence-corrected chi connectivity index (χ0v) is 13.5. The van der Waals surface area contributed by atoms with Crippen molar-refractivity contribution in [1.29, 1.82) is 0 Å². The Balaban J connectivity index is 2.64. The van der Waals surface area contributed by atoms with Crippen LogP contribution in [0.5, 0.6) is 5.75 Å². The molecule has 0 aliphatic heterocycles. The smallest absolute Gasteiger partial charge is 0.328 e. The molecule has 0 spiro atoms. The first-order valence-electron chi connectivity index (χ1n) is 7.44. The highest BCUT2D eigenvalue weighted by atomic mass is 16.5. The lowest BCUT2D eigenvalue weighted by molar-refractivity contribution is -0.136. The molecule has 6 N–H and O–H groups in total. The number of esters is 1. The van der Waals surface area contributed by atoms with Crippen LogP contribution in [0.4, 0.5) is 0 Å². The molecule has 1 aromatic carbocycles. The highest BCUT2D eigenvalue weighted by molar-refractivity contribution is 5.78. The second-order valence-corrected chi connectivity index (χ2v) is 5.67. The molecular weight excluding hydrogens is 280 g/mol. The monoisotopic (exact) mass is 306 g/mol. The molecule has 0 aromatic heterocycles. The van der Waals surface area contributed by atoms with E-state index in [4.69, 9.17) is 21.9 Å². The van der Waals surface area contributed by atoms with E-state index in [9.17, 15) is 4.79 Å². The van der Waals surface area contributed by atoms with Crippen LogP contribution in [-0.4, -0.2) is 24.5 Å². The number of aryl methyl sites for hydroxylation is 1. The van der Waals surface area contributed by atoms with E-state index < -0.39 is 12.0 Å². The van der Waals surface area contributed by atoms with Gasteiger partial charge in [0.05, 0.1) is 0 Å². The lowest BCUT2D eigenvalue weighted by Gasteiger charge is -2.16. The number of ether oxygens (including phenoxy) is 1. The Morgan fingerprint density at radius 2 is 2.00 bits per heavy atom. The van der Waals surface area contributed by atoms with Gasteiger partial charge in [-0.1, -0.05) is 26.0 Å². The molecule has 1 atom stereocenters.